The summed E-state index contributed by atoms with van der Waals surface area (Å²) in [6, 6.07) is 7.82. The van der Waals surface area contributed by atoms with Crippen LogP contribution < -0.4 is 4.74 Å². The number of rotatable bonds is 3. The van der Waals surface area contributed by atoms with Crippen molar-refractivity contribution >= 4 is 0 Å². The Hall–Kier alpha value is -1.05. The monoisotopic (exact) mass is 195 g/mol. The van der Waals surface area contributed by atoms with Crippen LogP contribution in [0.3, 0.4) is 0 Å². The summed E-state index contributed by atoms with van der Waals surface area (Å²) < 4.78 is 17.1. The number of ether oxygens (including phenoxy) is 1. The molecule has 0 saturated heterocycles. The molecule has 0 saturated carbocycles. The maximum absolute atomic E-state index is 11.9. The van der Waals surface area contributed by atoms with E-state index in [0.717, 1.165) is 5.75 Å². The lowest BCUT2D eigenvalue weighted by Gasteiger charge is -2.19. The van der Waals surface area contributed by atoms with Crippen molar-refractivity contribution in [2.75, 3.05) is 13.3 Å². The Kier molecular flexibility index (Phi) is 3.50. The molecule has 0 unspecified atom stereocenters. The minimum absolute atomic E-state index is 0.106. The van der Waals surface area contributed by atoms with Gasteiger partial charge in [-0.2, -0.15) is 0 Å². The molecule has 14 heavy (non-hydrogen) atoms. The van der Waals surface area contributed by atoms with Crippen molar-refractivity contribution in [3.63, 3.8) is 0 Å². The molecule has 0 amide bonds. The van der Waals surface area contributed by atoms with Gasteiger partial charge in [0.1, 0.15) is 19.0 Å². The van der Waals surface area contributed by atoms with Gasteiger partial charge in [-0.25, -0.2) is 4.39 Å². The zero-order chi connectivity index (χ0) is 10.6. The maximum atomic E-state index is 11.9. The van der Waals surface area contributed by atoms with E-state index in [2.05, 4.69) is 26.8 Å². The molecule has 0 aliphatic heterocycles. The third-order valence-corrected chi connectivity index (χ3v) is 2.05. The van der Waals surface area contributed by atoms with Gasteiger partial charge in [0.15, 0.2) is 0 Å². The Balaban J connectivity index is 2.79. The number of hydrogen-bond donors (Lipinski definition) is 0. The molecule has 0 radical (unpaired) electrons. The summed E-state index contributed by atoms with van der Waals surface area (Å²) in [5.41, 5.74) is 1.31. The molecule has 0 aliphatic carbocycles. The molecule has 1 aromatic rings. The summed E-state index contributed by atoms with van der Waals surface area (Å²) >= 11 is 0. The van der Waals surface area contributed by atoms with Gasteiger partial charge in [-0.05, 0) is 23.1 Å². The minimum atomic E-state index is -0.445. The summed E-state index contributed by atoms with van der Waals surface area (Å²) in [5, 5.41) is 0. The lowest BCUT2D eigenvalue weighted by molar-refractivity contribution is 0.273. The predicted octanol–water partition coefficient (Wildman–Crippen LogP) is 3.33. The van der Waals surface area contributed by atoms with Gasteiger partial charge in [0.05, 0.1) is 0 Å². The van der Waals surface area contributed by atoms with Crippen LogP contribution in [0.25, 0.3) is 0 Å². The molecule has 1 rings (SSSR count). The highest BCUT2D eigenvalue weighted by Crippen LogP contribution is 2.25. The lowest BCUT2D eigenvalue weighted by atomic mass is 9.87. The van der Waals surface area contributed by atoms with E-state index in [4.69, 9.17) is 4.74 Å². The van der Waals surface area contributed by atoms with Crippen LogP contribution in [0, 0.1) is 0 Å². The Morgan fingerprint density at radius 1 is 1.29 bits per heavy atom. The second-order valence-electron chi connectivity index (χ2n) is 4.32. The van der Waals surface area contributed by atoms with E-state index in [9.17, 15) is 4.39 Å². The molecule has 0 bridgehead atoms. The first-order valence-electron chi connectivity index (χ1n) is 4.83. The summed E-state index contributed by atoms with van der Waals surface area (Å²) in [7, 11) is 0. The molecule has 0 spiro atoms. The van der Waals surface area contributed by atoms with Crippen LogP contribution in [0.4, 0.5) is 4.39 Å². The van der Waals surface area contributed by atoms with Gasteiger partial charge in [-0.3, -0.25) is 0 Å². The number of halogens is 1. The smallest absolute Gasteiger partial charge is 0.123 e. The first kappa shape index (κ1) is 11.0. The quantitative estimate of drug-likeness (QED) is 0.718. The molecule has 0 N–H and O–H groups in total. The zero-order valence-corrected chi connectivity index (χ0v) is 9.01. The second-order valence-corrected chi connectivity index (χ2v) is 4.32. The summed E-state index contributed by atoms with van der Waals surface area (Å²) in [6.45, 7) is 6.11. The average Bonchev–Trinajstić information content (AvgIpc) is 2.14. The minimum Gasteiger partial charge on any atom is -0.491 e. The normalized spacial score (nSPS) is 11.4. The fourth-order valence-electron chi connectivity index (χ4n) is 1.21. The van der Waals surface area contributed by atoms with Crippen molar-refractivity contribution in [1.82, 2.24) is 0 Å². The van der Waals surface area contributed by atoms with Crippen LogP contribution >= 0.6 is 0 Å². The van der Waals surface area contributed by atoms with Crippen LogP contribution in [-0.4, -0.2) is 13.3 Å². The molecule has 1 aromatic carbocycles. The summed E-state index contributed by atoms with van der Waals surface area (Å²) in [4.78, 5) is 0. The van der Waals surface area contributed by atoms with Gasteiger partial charge < -0.3 is 4.74 Å². The van der Waals surface area contributed by atoms with Gasteiger partial charge in [0.2, 0.25) is 0 Å². The van der Waals surface area contributed by atoms with Crippen LogP contribution in [0.2, 0.25) is 0 Å². The topological polar surface area (TPSA) is 9.23 Å². The standard InChI is InChI=1S/C12H17FO/c1-12(2,3)10-5-4-6-11(9-10)14-8-7-13/h4-6,9H,7-8H2,1-3H3/i13-1. The molecule has 0 aliphatic rings. The van der Waals surface area contributed by atoms with E-state index in [0.29, 0.717) is 0 Å². The van der Waals surface area contributed by atoms with E-state index >= 15 is 0 Å². The van der Waals surface area contributed by atoms with E-state index in [1.165, 1.54) is 5.56 Å². The molecule has 0 heterocycles. The predicted molar refractivity (Wildman–Crippen MR) is 56.6 cm³/mol. The molecular weight excluding hydrogens is 178 g/mol. The van der Waals surface area contributed by atoms with Gasteiger partial charge >= 0.3 is 0 Å². The van der Waals surface area contributed by atoms with Crippen molar-refractivity contribution < 1.29 is 9.13 Å². The fraction of sp³-hybridized carbons (Fsp3) is 0.500. The van der Waals surface area contributed by atoms with Crippen LogP contribution in [0.15, 0.2) is 24.3 Å². The molecule has 78 valence electrons. The number of alkyl halides is 1. The van der Waals surface area contributed by atoms with Crippen LogP contribution in [0.1, 0.15) is 26.3 Å². The van der Waals surface area contributed by atoms with Gasteiger partial charge in [0.25, 0.3) is 0 Å². The summed E-state index contributed by atoms with van der Waals surface area (Å²) in [5.74, 6) is 0.745. The molecular formula is C12H17FO. The van der Waals surface area contributed by atoms with Gasteiger partial charge in [-0.15, -0.1) is 0 Å². The van der Waals surface area contributed by atoms with E-state index in [-0.39, 0.29) is 12.0 Å². The largest absolute Gasteiger partial charge is 0.491 e. The highest BCUT2D eigenvalue weighted by molar-refractivity contribution is 5.32. The van der Waals surface area contributed by atoms with E-state index in [1.54, 1.807) is 0 Å². The highest BCUT2D eigenvalue weighted by Gasteiger charge is 2.13. The van der Waals surface area contributed by atoms with E-state index < -0.39 is 6.67 Å². The number of benzene rings is 1. The molecule has 1 nitrogen and oxygen atoms in total. The highest BCUT2D eigenvalue weighted by atomic mass is 18.2. The van der Waals surface area contributed by atoms with Gasteiger partial charge in [0, 0.05) is 0 Å². The van der Waals surface area contributed by atoms with Crippen molar-refractivity contribution in [1.29, 1.82) is 0 Å². The van der Waals surface area contributed by atoms with Crippen LogP contribution in [-0.2, 0) is 5.41 Å². The van der Waals surface area contributed by atoms with Gasteiger partial charge in [-0.1, -0.05) is 32.9 Å². The average molecular weight is 195 g/mol. The first-order valence-corrected chi connectivity index (χ1v) is 4.83. The Labute approximate surface area is 84.9 Å². The molecule has 0 aromatic heterocycles. The second kappa shape index (κ2) is 4.45. The van der Waals surface area contributed by atoms with Crippen molar-refractivity contribution in [3.8, 4) is 5.75 Å². The van der Waals surface area contributed by atoms with Crippen molar-refractivity contribution in [2.24, 2.45) is 0 Å². The van der Waals surface area contributed by atoms with E-state index in [1.807, 2.05) is 18.2 Å². The van der Waals surface area contributed by atoms with Crippen molar-refractivity contribution in [3.05, 3.63) is 29.8 Å². The zero-order valence-electron chi connectivity index (χ0n) is 9.01. The molecule has 0 fully saturated rings. The molecule has 0 atom stereocenters. The van der Waals surface area contributed by atoms with Crippen LogP contribution in [0.5, 0.6) is 5.75 Å². The molecule has 2 heteroatoms. The third kappa shape index (κ3) is 3.02. The Morgan fingerprint density at radius 2 is 2.00 bits per heavy atom. The Bertz CT molecular complexity index is 289. The van der Waals surface area contributed by atoms with Crippen molar-refractivity contribution in [2.45, 2.75) is 26.2 Å². The first-order chi connectivity index (χ1) is 6.54. The Morgan fingerprint density at radius 3 is 2.57 bits per heavy atom. The lowest BCUT2D eigenvalue weighted by Crippen LogP contribution is -2.11. The fourth-order valence-corrected chi connectivity index (χ4v) is 1.21. The third-order valence-electron chi connectivity index (χ3n) is 2.05. The SMILES string of the molecule is CC(C)(C)c1cccc(OCC[18F])c1. The maximum Gasteiger partial charge on any atom is 0.123 e. The number of hydrogen-bond acceptors (Lipinski definition) is 1. The summed E-state index contributed by atoms with van der Waals surface area (Å²) in [6.07, 6.45) is 0.